The van der Waals surface area contributed by atoms with Gasteiger partial charge in [0.05, 0.1) is 24.3 Å². The van der Waals surface area contributed by atoms with E-state index in [2.05, 4.69) is 5.32 Å². The molecule has 1 unspecified atom stereocenters. The fourth-order valence-electron chi connectivity index (χ4n) is 1.99. The molecule has 2 aromatic rings. The first-order valence-electron chi connectivity index (χ1n) is 6.32. The van der Waals surface area contributed by atoms with Crippen molar-refractivity contribution in [3.63, 3.8) is 0 Å². The summed E-state index contributed by atoms with van der Waals surface area (Å²) in [5.41, 5.74) is 1.77. The Bertz CT molecular complexity index is 608. The van der Waals surface area contributed by atoms with Crippen LogP contribution in [-0.2, 0) is 6.54 Å². The molecule has 0 saturated carbocycles. The Labute approximate surface area is 117 Å². The Hall–Kier alpha value is -2.22. The Morgan fingerprint density at radius 3 is 2.60 bits per heavy atom. The third kappa shape index (κ3) is 3.41. The molecule has 0 aliphatic heterocycles. The number of rotatable bonds is 5. The predicted octanol–water partition coefficient (Wildman–Crippen LogP) is 2.52. The zero-order valence-corrected chi connectivity index (χ0v) is 10.9. The first-order chi connectivity index (χ1) is 9.74. The highest BCUT2D eigenvalue weighted by Crippen LogP contribution is 2.15. The minimum Gasteiger partial charge on any atom is -0.394 e. The number of hydrogen-bond donors (Lipinski definition) is 2. The molecule has 102 valence electrons. The van der Waals surface area contributed by atoms with Gasteiger partial charge in [-0.1, -0.05) is 30.3 Å². The molecular weight excluding hydrogens is 255 g/mol. The van der Waals surface area contributed by atoms with Crippen LogP contribution >= 0.6 is 0 Å². The van der Waals surface area contributed by atoms with Crippen molar-refractivity contribution in [1.29, 1.82) is 5.26 Å². The number of nitrogens with zero attached hydrogens (tertiary/aromatic N) is 1. The lowest BCUT2D eigenvalue weighted by Crippen LogP contribution is -2.24. The molecule has 0 radical (unpaired) electrons. The Kier molecular flexibility index (Phi) is 4.83. The third-order valence-electron chi connectivity index (χ3n) is 3.10. The number of aliphatic hydroxyl groups excluding tert-OH is 1. The minimum absolute atomic E-state index is 0.0798. The average molecular weight is 270 g/mol. The van der Waals surface area contributed by atoms with Gasteiger partial charge in [0.1, 0.15) is 5.82 Å². The van der Waals surface area contributed by atoms with Crippen LogP contribution in [0.1, 0.15) is 22.7 Å². The number of nitriles is 1. The summed E-state index contributed by atoms with van der Waals surface area (Å²) in [5, 5.41) is 21.3. The van der Waals surface area contributed by atoms with Crippen LogP contribution < -0.4 is 5.32 Å². The van der Waals surface area contributed by atoms with Gasteiger partial charge in [0.2, 0.25) is 0 Å². The van der Waals surface area contributed by atoms with Crippen LogP contribution in [0, 0.1) is 17.1 Å². The molecule has 0 fully saturated rings. The summed E-state index contributed by atoms with van der Waals surface area (Å²) in [6.45, 7) is 0.172. The van der Waals surface area contributed by atoms with E-state index in [0.29, 0.717) is 11.1 Å². The van der Waals surface area contributed by atoms with Crippen molar-refractivity contribution in [2.24, 2.45) is 0 Å². The average Bonchev–Trinajstić information content (AvgIpc) is 2.50. The summed E-state index contributed by atoms with van der Waals surface area (Å²) in [4.78, 5) is 0. The maximum absolute atomic E-state index is 13.7. The fourth-order valence-corrected chi connectivity index (χ4v) is 1.99. The maximum Gasteiger partial charge on any atom is 0.127 e. The molecule has 2 aromatic carbocycles. The van der Waals surface area contributed by atoms with Crippen LogP contribution in [0.25, 0.3) is 0 Å². The van der Waals surface area contributed by atoms with Gasteiger partial charge in [-0.15, -0.1) is 0 Å². The van der Waals surface area contributed by atoms with Crippen LogP contribution in [0.2, 0.25) is 0 Å². The van der Waals surface area contributed by atoms with Crippen LogP contribution in [0.15, 0.2) is 48.5 Å². The zero-order valence-electron chi connectivity index (χ0n) is 10.9. The summed E-state index contributed by atoms with van der Waals surface area (Å²) in [6, 6.07) is 15.4. The van der Waals surface area contributed by atoms with Crippen LogP contribution in [0.4, 0.5) is 4.39 Å². The van der Waals surface area contributed by atoms with Crippen molar-refractivity contribution in [3.05, 3.63) is 71.0 Å². The van der Waals surface area contributed by atoms with Gasteiger partial charge in [0.25, 0.3) is 0 Å². The van der Waals surface area contributed by atoms with Gasteiger partial charge in [-0.25, -0.2) is 4.39 Å². The second-order valence-corrected chi connectivity index (χ2v) is 4.44. The van der Waals surface area contributed by atoms with Gasteiger partial charge in [-0.2, -0.15) is 5.26 Å². The maximum atomic E-state index is 13.7. The van der Waals surface area contributed by atoms with Gasteiger partial charge in [-0.3, -0.25) is 0 Å². The first kappa shape index (κ1) is 14.2. The molecule has 2 N–H and O–H groups in total. The standard InChI is InChI=1S/C16H15FN2O/c17-15-7-6-12(9-18)8-14(15)10-19-16(11-20)13-4-2-1-3-5-13/h1-8,16,19-20H,10-11H2. The van der Waals surface area contributed by atoms with Crippen LogP contribution in [0.3, 0.4) is 0 Å². The van der Waals surface area contributed by atoms with E-state index in [-0.39, 0.29) is 25.0 Å². The number of nitrogens with one attached hydrogen (secondary N) is 1. The summed E-state index contributed by atoms with van der Waals surface area (Å²) in [5.74, 6) is -0.360. The largest absolute Gasteiger partial charge is 0.394 e. The predicted molar refractivity (Wildman–Crippen MR) is 74.2 cm³/mol. The molecule has 0 aliphatic rings. The molecule has 3 nitrogen and oxygen atoms in total. The molecule has 0 aliphatic carbocycles. The molecule has 2 rings (SSSR count). The third-order valence-corrected chi connectivity index (χ3v) is 3.10. The lowest BCUT2D eigenvalue weighted by Gasteiger charge is -2.17. The monoisotopic (exact) mass is 270 g/mol. The molecule has 0 bridgehead atoms. The highest BCUT2D eigenvalue weighted by molar-refractivity contribution is 5.33. The van der Waals surface area contributed by atoms with E-state index in [4.69, 9.17) is 5.26 Å². The van der Waals surface area contributed by atoms with Gasteiger partial charge in [-0.05, 0) is 23.8 Å². The molecule has 20 heavy (non-hydrogen) atoms. The van der Waals surface area contributed by atoms with Crippen molar-refractivity contribution in [2.75, 3.05) is 6.61 Å². The highest BCUT2D eigenvalue weighted by Gasteiger charge is 2.11. The normalized spacial score (nSPS) is 11.8. The van der Waals surface area contributed by atoms with Crippen LogP contribution in [0.5, 0.6) is 0 Å². The summed E-state index contributed by atoms with van der Waals surface area (Å²) in [6.07, 6.45) is 0. The van der Waals surface area contributed by atoms with Crippen LogP contribution in [-0.4, -0.2) is 11.7 Å². The number of hydrogen-bond acceptors (Lipinski definition) is 3. The summed E-state index contributed by atoms with van der Waals surface area (Å²) < 4.78 is 13.7. The molecular formula is C16H15FN2O. The number of benzene rings is 2. The summed E-state index contributed by atoms with van der Waals surface area (Å²) >= 11 is 0. The van der Waals surface area contributed by atoms with E-state index in [0.717, 1.165) is 5.56 Å². The van der Waals surface area contributed by atoms with E-state index in [9.17, 15) is 9.50 Å². The van der Waals surface area contributed by atoms with Gasteiger partial charge < -0.3 is 10.4 Å². The molecule has 0 heterocycles. The Morgan fingerprint density at radius 2 is 1.95 bits per heavy atom. The Morgan fingerprint density at radius 1 is 1.20 bits per heavy atom. The van der Waals surface area contributed by atoms with E-state index in [1.54, 1.807) is 0 Å². The Balaban J connectivity index is 2.09. The van der Waals surface area contributed by atoms with Crippen molar-refractivity contribution in [2.45, 2.75) is 12.6 Å². The first-order valence-corrected chi connectivity index (χ1v) is 6.32. The van der Waals surface area contributed by atoms with E-state index < -0.39 is 0 Å². The lowest BCUT2D eigenvalue weighted by molar-refractivity contribution is 0.243. The quantitative estimate of drug-likeness (QED) is 0.877. The second kappa shape index (κ2) is 6.80. The highest BCUT2D eigenvalue weighted by atomic mass is 19.1. The second-order valence-electron chi connectivity index (χ2n) is 4.44. The molecule has 0 spiro atoms. The molecule has 0 amide bonds. The van der Waals surface area contributed by atoms with Gasteiger partial charge >= 0.3 is 0 Å². The van der Waals surface area contributed by atoms with Gasteiger partial charge in [0, 0.05) is 12.1 Å². The SMILES string of the molecule is N#Cc1ccc(F)c(CNC(CO)c2ccccc2)c1. The molecule has 0 saturated heterocycles. The minimum atomic E-state index is -0.360. The molecule has 1 atom stereocenters. The lowest BCUT2D eigenvalue weighted by atomic mass is 10.1. The van der Waals surface area contributed by atoms with Gasteiger partial charge in [0.15, 0.2) is 0 Å². The number of aliphatic hydroxyl groups is 1. The fraction of sp³-hybridized carbons (Fsp3) is 0.188. The molecule has 0 aromatic heterocycles. The molecule has 4 heteroatoms. The number of halogens is 1. The van der Waals surface area contributed by atoms with Crippen molar-refractivity contribution >= 4 is 0 Å². The van der Waals surface area contributed by atoms with Crippen molar-refractivity contribution < 1.29 is 9.50 Å². The van der Waals surface area contributed by atoms with Crippen molar-refractivity contribution in [3.8, 4) is 6.07 Å². The topological polar surface area (TPSA) is 56.0 Å². The van der Waals surface area contributed by atoms with Crippen molar-refractivity contribution in [1.82, 2.24) is 5.32 Å². The summed E-state index contributed by atoms with van der Waals surface area (Å²) in [7, 11) is 0. The zero-order chi connectivity index (χ0) is 14.4. The van der Waals surface area contributed by atoms with E-state index in [1.807, 2.05) is 36.4 Å². The van der Waals surface area contributed by atoms with E-state index in [1.165, 1.54) is 18.2 Å². The van der Waals surface area contributed by atoms with E-state index >= 15 is 0 Å². The smallest absolute Gasteiger partial charge is 0.127 e.